The summed E-state index contributed by atoms with van der Waals surface area (Å²) in [5.74, 6) is 0.115. The molecule has 1 saturated heterocycles. The molecule has 0 bridgehead atoms. The lowest BCUT2D eigenvalue weighted by Gasteiger charge is -2.45. The van der Waals surface area contributed by atoms with Gasteiger partial charge in [-0.1, -0.05) is 13.0 Å². The van der Waals surface area contributed by atoms with E-state index in [1.165, 1.54) is 12.1 Å². The number of halogens is 1. The largest absolute Gasteiger partial charge is 0.444 e. The first-order valence-electron chi connectivity index (χ1n) is 6.73. The maximum absolute atomic E-state index is 13.2. The molecule has 0 amide bonds. The Labute approximate surface area is 116 Å². The molecule has 0 aliphatic carbocycles. The second kappa shape index (κ2) is 5.00. The van der Waals surface area contributed by atoms with E-state index in [1.54, 1.807) is 18.4 Å². The summed E-state index contributed by atoms with van der Waals surface area (Å²) < 4.78 is 18.5. The molecule has 1 aromatic heterocycles. The highest BCUT2D eigenvalue weighted by molar-refractivity contribution is 5.52. The van der Waals surface area contributed by atoms with E-state index in [9.17, 15) is 9.50 Å². The van der Waals surface area contributed by atoms with Crippen molar-refractivity contribution in [3.05, 3.63) is 42.0 Å². The van der Waals surface area contributed by atoms with Crippen LogP contribution in [0.2, 0.25) is 0 Å². The molecule has 1 fully saturated rings. The van der Waals surface area contributed by atoms with Crippen molar-refractivity contribution in [2.75, 3.05) is 13.1 Å². The lowest BCUT2D eigenvalue weighted by Crippen LogP contribution is -2.60. The molecule has 0 unspecified atom stereocenters. The van der Waals surface area contributed by atoms with E-state index in [4.69, 9.17) is 4.42 Å². The third-order valence-corrected chi connectivity index (χ3v) is 3.70. The van der Waals surface area contributed by atoms with Gasteiger partial charge in [0.1, 0.15) is 12.1 Å². The van der Waals surface area contributed by atoms with Gasteiger partial charge in [-0.15, -0.1) is 0 Å². The summed E-state index contributed by atoms with van der Waals surface area (Å²) >= 11 is 0. The number of oxazole rings is 1. The Morgan fingerprint density at radius 2 is 2.25 bits per heavy atom. The third kappa shape index (κ3) is 2.59. The summed E-state index contributed by atoms with van der Waals surface area (Å²) in [5.41, 5.74) is 0.877. The van der Waals surface area contributed by atoms with Gasteiger partial charge in [0, 0.05) is 25.2 Å². The predicted octanol–water partition coefficient (Wildman–Crippen LogP) is 2.44. The molecule has 0 saturated carbocycles. The molecule has 20 heavy (non-hydrogen) atoms. The quantitative estimate of drug-likeness (QED) is 0.932. The summed E-state index contributed by atoms with van der Waals surface area (Å²) in [6.45, 7) is 3.94. The molecule has 1 aromatic carbocycles. The summed E-state index contributed by atoms with van der Waals surface area (Å²) in [6.07, 6.45) is 2.35. The van der Waals surface area contributed by atoms with Gasteiger partial charge < -0.3 is 9.52 Å². The van der Waals surface area contributed by atoms with E-state index >= 15 is 0 Å². The summed E-state index contributed by atoms with van der Waals surface area (Å²) in [4.78, 5) is 6.47. The number of aliphatic hydroxyl groups is 1. The summed E-state index contributed by atoms with van der Waals surface area (Å²) in [5, 5.41) is 9.95. The predicted molar refractivity (Wildman–Crippen MR) is 72.4 cm³/mol. The average Bonchev–Trinajstić information content (AvgIpc) is 2.85. The van der Waals surface area contributed by atoms with Crippen LogP contribution in [0.5, 0.6) is 0 Å². The fraction of sp³-hybridized carbons (Fsp3) is 0.400. The minimum Gasteiger partial charge on any atom is -0.444 e. The van der Waals surface area contributed by atoms with E-state index in [0.29, 0.717) is 31.1 Å². The number of benzene rings is 1. The van der Waals surface area contributed by atoms with Gasteiger partial charge in [0.15, 0.2) is 0 Å². The lowest BCUT2D eigenvalue weighted by atomic mass is 9.91. The highest BCUT2D eigenvalue weighted by Crippen LogP contribution is 2.26. The molecule has 3 rings (SSSR count). The van der Waals surface area contributed by atoms with E-state index in [-0.39, 0.29) is 5.82 Å². The number of likely N-dealkylation sites (tertiary alicyclic amines) is 1. The van der Waals surface area contributed by atoms with Crippen LogP contribution in [0.15, 0.2) is 34.9 Å². The Kier molecular flexibility index (Phi) is 3.31. The zero-order valence-corrected chi connectivity index (χ0v) is 11.3. The van der Waals surface area contributed by atoms with Crippen LogP contribution in [0.25, 0.3) is 11.5 Å². The molecule has 0 spiro atoms. The Hall–Kier alpha value is -1.72. The van der Waals surface area contributed by atoms with Crippen molar-refractivity contribution in [3.63, 3.8) is 0 Å². The van der Waals surface area contributed by atoms with Crippen molar-refractivity contribution in [1.29, 1.82) is 0 Å². The van der Waals surface area contributed by atoms with Crippen LogP contribution in [0.1, 0.15) is 19.0 Å². The maximum Gasteiger partial charge on any atom is 0.226 e. The SMILES string of the molecule is CCC1(O)CN(Cc2coc(-c3cccc(F)c3)n2)C1. The second-order valence-corrected chi connectivity index (χ2v) is 5.38. The van der Waals surface area contributed by atoms with E-state index in [0.717, 1.165) is 12.1 Å². The Morgan fingerprint density at radius 1 is 1.45 bits per heavy atom. The van der Waals surface area contributed by atoms with Gasteiger partial charge >= 0.3 is 0 Å². The molecule has 1 aliphatic heterocycles. The molecule has 0 atom stereocenters. The van der Waals surface area contributed by atoms with Crippen LogP contribution in [0.3, 0.4) is 0 Å². The highest BCUT2D eigenvalue weighted by Gasteiger charge is 2.39. The van der Waals surface area contributed by atoms with Crippen LogP contribution in [-0.2, 0) is 6.54 Å². The number of hydrogen-bond acceptors (Lipinski definition) is 4. The maximum atomic E-state index is 13.2. The minimum atomic E-state index is -0.547. The van der Waals surface area contributed by atoms with Crippen molar-refractivity contribution >= 4 is 0 Å². The van der Waals surface area contributed by atoms with Crippen LogP contribution < -0.4 is 0 Å². The first kappa shape index (κ1) is 13.3. The minimum absolute atomic E-state index is 0.307. The normalized spacial score (nSPS) is 17.9. The smallest absolute Gasteiger partial charge is 0.226 e. The molecule has 1 aliphatic rings. The molecule has 106 valence electrons. The highest BCUT2D eigenvalue weighted by atomic mass is 19.1. The van der Waals surface area contributed by atoms with Crippen LogP contribution in [0.4, 0.5) is 4.39 Å². The Balaban J connectivity index is 1.66. The molecular weight excluding hydrogens is 259 g/mol. The zero-order chi connectivity index (χ0) is 14.2. The summed E-state index contributed by atoms with van der Waals surface area (Å²) in [6, 6.07) is 6.18. The first-order chi connectivity index (χ1) is 9.58. The molecule has 4 nitrogen and oxygen atoms in total. The van der Waals surface area contributed by atoms with Gasteiger partial charge in [0.2, 0.25) is 5.89 Å². The van der Waals surface area contributed by atoms with Crippen molar-refractivity contribution in [1.82, 2.24) is 9.88 Å². The number of nitrogens with zero attached hydrogens (tertiary/aromatic N) is 2. The van der Waals surface area contributed by atoms with Gasteiger partial charge in [-0.3, -0.25) is 4.90 Å². The second-order valence-electron chi connectivity index (χ2n) is 5.38. The zero-order valence-electron chi connectivity index (χ0n) is 11.3. The van der Waals surface area contributed by atoms with E-state index in [2.05, 4.69) is 9.88 Å². The van der Waals surface area contributed by atoms with Crippen molar-refractivity contribution in [2.24, 2.45) is 0 Å². The summed E-state index contributed by atoms with van der Waals surface area (Å²) in [7, 11) is 0. The van der Waals surface area contributed by atoms with Crippen LogP contribution in [0, 0.1) is 5.82 Å². The van der Waals surface area contributed by atoms with Crippen molar-refractivity contribution in [2.45, 2.75) is 25.5 Å². The van der Waals surface area contributed by atoms with E-state index in [1.807, 2.05) is 6.92 Å². The molecule has 0 radical (unpaired) electrons. The van der Waals surface area contributed by atoms with E-state index < -0.39 is 5.60 Å². The van der Waals surface area contributed by atoms with Crippen LogP contribution in [-0.4, -0.2) is 33.7 Å². The van der Waals surface area contributed by atoms with Crippen molar-refractivity contribution in [3.8, 4) is 11.5 Å². The number of aromatic nitrogens is 1. The Bertz CT molecular complexity index is 605. The third-order valence-electron chi connectivity index (χ3n) is 3.70. The van der Waals surface area contributed by atoms with Crippen molar-refractivity contribution < 1.29 is 13.9 Å². The fourth-order valence-electron chi connectivity index (χ4n) is 2.48. The number of hydrogen-bond donors (Lipinski definition) is 1. The Morgan fingerprint density at radius 3 is 2.95 bits per heavy atom. The number of rotatable bonds is 4. The standard InChI is InChI=1S/C15H17FN2O2/c1-2-15(19)9-18(10-15)7-13-8-20-14(17-13)11-4-3-5-12(16)6-11/h3-6,8,19H,2,7,9-10H2,1H3. The topological polar surface area (TPSA) is 49.5 Å². The van der Waals surface area contributed by atoms with Crippen LogP contribution >= 0.6 is 0 Å². The molecule has 5 heteroatoms. The monoisotopic (exact) mass is 276 g/mol. The van der Waals surface area contributed by atoms with Gasteiger partial charge in [-0.05, 0) is 24.6 Å². The van der Waals surface area contributed by atoms with Gasteiger partial charge in [-0.2, -0.15) is 0 Å². The van der Waals surface area contributed by atoms with Gasteiger partial charge in [0.25, 0.3) is 0 Å². The number of β-amino-alcohol motifs (C(OH)–C–C–N with tert-alkyl or cyclic N) is 1. The molecular formula is C15H17FN2O2. The molecule has 2 heterocycles. The fourth-order valence-corrected chi connectivity index (χ4v) is 2.48. The van der Waals surface area contributed by atoms with Gasteiger partial charge in [0.05, 0.1) is 11.3 Å². The first-order valence-corrected chi connectivity index (χ1v) is 6.73. The van der Waals surface area contributed by atoms with Gasteiger partial charge in [-0.25, -0.2) is 9.37 Å². The lowest BCUT2D eigenvalue weighted by molar-refractivity contribution is -0.103. The average molecular weight is 276 g/mol. The molecule has 1 N–H and O–H groups in total. The molecule has 2 aromatic rings.